The molecule has 17 heteroatoms. The van der Waals surface area contributed by atoms with Crippen molar-refractivity contribution in [2.24, 2.45) is 6.26 Å². The SMILES string of the molecule is C[s+]1c(C2CC2)c([B-](c2c(F)c(F)c(F)c(F)c2F)(c2c(F)c(F)c(F)c(F)c2F)c2c(F)c(F)c(F)c(F)c2F)c2ccccc21. The second kappa shape index (κ2) is 11.0. The fraction of sp³-hybridized carbons (Fsp3) is 0.133. The Morgan fingerprint density at radius 2 is 0.745 bits per heavy atom. The standard InChI is InChI=1S/C30H12BF15S/c1-47-10-5-3-2-4-9(10)11(30(47)8-6-7-8)31(12-15(32)21(38)27(44)22(39)16(12)33,13-17(34)23(40)28(45)24(41)18(13)35)14-19(36)25(42)29(46)26(43)20(14)37/h2-5,8H,6-7H2,1H3. The average molecular weight is 700 g/mol. The van der Waals surface area contributed by atoms with E-state index in [4.69, 9.17) is 0 Å². The molecule has 1 heterocycles. The third-order valence-electron chi connectivity index (χ3n) is 8.51. The maximum atomic E-state index is 16.1. The van der Waals surface area contributed by atoms with Crippen LogP contribution >= 0.6 is 10.5 Å². The van der Waals surface area contributed by atoms with Gasteiger partial charge < -0.3 is 0 Å². The molecule has 1 atom stereocenters. The smallest absolute Gasteiger partial charge is 0.200 e. The molecule has 0 amide bonds. The highest BCUT2D eigenvalue weighted by atomic mass is 32.2. The van der Waals surface area contributed by atoms with E-state index in [9.17, 15) is 13.2 Å². The lowest BCUT2D eigenvalue weighted by molar-refractivity contribution is 0.380. The summed E-state index contributed by atoms with van der Waals surface area (Å²) < 4.78 is 230. The Hall–Kier alpha value is -4.15. The predicted molar refractivity (Wildman–Crippen MR) is 142 cm³/mol. The van der Waals surface area contributed by atoms with E-state index in [-0.39, 0.29) is 22.4 Å². The Kier molecular flexibility index (Phi) is 7.64. The topological polar surface area (TPSA) is 0 Å². The molecule has 0 N–H and O–H groups in total. The number of thiophene rings is 1. The summed E-state index contributed by atoms with van der Waals surface area (Å²) in [6.45, 7) is 0. The Bertz CT molecular complexity index is 1930. The summed E-state index contributed by atoms with van der Waals surface area (Å²) in [5.41, 5.74) is -8.94. The molecule has 1 fully saturated rings. The third-order valence-corrected chi connectivity index (χ3v) is 10.7. The largest absolute Gasteiger partial charge is 0.207 e. The van der Waals surface area contributed by atoms with Gasteiger partial charge in [-0.3, -0.25) is 0 Å². The first-order valence-electron chi connectivity index (χ1n) is 13.2. The summed E-state index contributed by atoms with van der Waals surface area (Å²) in [7, 11) is -1.46. The van der Waals surface area contributed by atoms with Gasteiger partial charge in [-0.1, -0.05) is 18.2 Å². The summed E-state index contributed by atoms with van der Waals surface area (Å²) >= 11 is 0. The zero-order valence-corrected chi connectivity index (χ0v) is 23.8. The summed E-state index contributed by atoms with van der Waals surface area (Å²) in [5.74, 6) is -45.8. The predicted octanol–water partition coefficient (Wildman–Crippen LogP) is 7.47. The minimum absolute atomic E-state index is 0.0345. The van der Waals surface area contributed by atoms with Crippen molar-refractivity contribution in [3.8, 4) is 0 Å². The Morgan fingerprint density at radius 3 is 1.06 bits per heavy atom. The molecule has 0 radical (unpaired) electrons. The minimum atomic E-state index is -5.80. The van der Waals surface area contributed by atoms with Crippen LogP contribution < -0.4 is 21.9 Å². The molecule has 0 spiro atoms. The molecular weight excluding hydrogens is 688 g/mol. The van der Waals surface area contributed by atoms with Crippen LogP contribution in [0.3, 0.4) is 0 Å². The molecule has 0 bridgehead atoms. The normalized spacial score (nSPS) is 14.1. The Balaban J connectivity index is 2.12. The number of hydrogen-bond acceptors (Lipinski definition) is 0. The third kappa shape index (κ3) is 4.20. The maximum Gasteiger partial charge on any atom is 0.200 e. The molecule has 0 nitrogen and oxygen atoms in total. The van der Waals surface area contributed by atoms with Crippen molar-refractivity contribution in [3.05, 3.63) is 116 Å². The fourth-order valence-electron chi connectivity index (χ4n) is 6.51. The summed E-state index contributed by atoms with van der Waals surface area (Å²) in [5, 5.41) is -0.503. The zero-order chi connectivity index (χ0) is 34.6. The number of benzene rings is 4. The lowest BCUT2D eigenvalue weighted by Crippen LogP contribution is -2.80. The van der Waals surface area contributed by atoms with E-state index in [0.29, 0.717) is 0 Å². The van der Waals surface area contributed by atoms with E-state index in [1.54, 1.807) is 0 Å². The molecule has 1 aliphatic rings. The first kappa shape index (κ1) is 32.8. The van der Waals surface area contributed by atoms with E-state index in [2.05, 4.69) is 0 Å². The van der Waals surface area contributed by atoms with Gasteiger partial charge in [-0.05, 0) is 29.4 Å². The van der Waals surface area contributed by atoms with Gasteiger partial charge in [-0.2, -0.15) is 0 Å². The monoisotopic (exact) mass is 700 g/mol. The van der Waals surface area contributed by atoms with E-state index >= 15 is 52.7 Å². The van der Waals surface area contributed by atoms with Crippen LogP contribution in [0.5, 0.6) is 0 Å². The molecular formula is C30H12BF15S. The molecule has 1 aliphatic carbocycles. The number of hydrogen-bond donors (Lipinski definition) is 0. The van der Waals surface area contributed by atoms with Gasteiger partial charge >= 0.3 is 0 Å². The van der Waals surface area contributed by atoms with E-state index in [0.717, 1.165) is 12.1 Å². The van der Waals surface area contributed by atoms with E-state index < -0.39 is 137 Å². The van der Waals surface area contributed by atoms with Gasteiger partial charge in [0.05, 0.1) is 0 Å². The summed E-state index contributed by atoms with van der Waals surface area (Å²) in [6, 6.07) is 4.70. The molecule has 5 aromatic rings. The van der Waals surface area contributed by atoms with Crippen LogP contribution in [0.15, 0.2) is 24.3 Å². The Labute approximate surface area is 255 Å². The highest BCUT2D eigenvalue weighted by Crippen LogP contribution is 2.49. The number of halogens is 15. The van der Waals surface area contributed by atoms with E-state index in [1.807, 2.05) is 0 Å². The van der Waals surface area contributed by atoms with Crippen molar-refractivity contribution in [1.82, 2.24) is 0 Å². The van der Waals surface area contributed by atoms with Crippen LogP contribution in [-0.2, 0) is 6.26 Å². The van der Waals surface area contributed by atoms with Gasteiger partial charge in [0, 0.05) is 11.3 Å². The molecule has 4 aromatic carbocycles. The van der Waals surface area contributed by atoms with Gasteiger partial charge in [0.25, 0.3) is 0 Å². The van der Waals surface area contributed by atoms with Crippen LogP contribution in [0.1, 0.15) is 23.6 Å². The minimum Gasteiger partial charge on any atom is -0.207 e. The summed E-state index contributed by atoms with van der Waals surface area (Å²) in [6.07, 6.45) is -4.19. The lowest BCUT2D eigenvalue weighted by atomic mass is 9.12. The van der Waals surface area contributed by atoms with Gasteiger partial charge in [0.2, 0.25) is 0 Å². The van der Waals surface area contributed by atoms with Crippen molar-refractivity contribution in [2.75, 3.05) is 0 Å². The highest BCUT2D eigenvalue weighted by Gasteiger charge is 2.53. The van der Waals surface area contributed by atoms with Crippen LogP contribution in [-0.4, -0.2) is 6.15 Å². The molecule has 47 heavy (non-hydrogen) atoms. The van der Waals surface area contributed by atoms with Crippen molar-refractivity contribution in [2.45, 2.75) is 18.8 Å². The van der Waals surface area contributed by atoms with Crippen LogP contribution in [0.4, 0.5) is 65.9 Å². The number of aryl methyl sites for hydroxylation is 1. The van der Waals surface area contributed by atoms with Crippen molar-refractivity contribution in [3.63, 3.8) is 0 Å². The molecule has 6 rings (SSSR count). The first-order chi connectivity index (χ1) is 22.0. The number of fused-ring (bicyclic) bond motifs is 1. The Morgan fingerprint density at radius 1 is 0.447 bits per heavy atom. The molecule has 1 aromatic heterocycles. The van der Waals surface area contributed by atoms with E-state index in [1.165, 1.54) is 18.4 Å². The molecule has 1 unspecified atom stereocenters. The molecule has 1 saturated carbocycles. The zero-order valence-electron chi connectivity index (χ0n) is 23.0. The molecule has 246 valence electrons. The molecule has 0 saturated heterocycles. The fourth-order valence-corrected chi connectivity index (χ4v) is 8.89. The van der Waals surface area contributed by atoms with Crippen molar-refractivity contribution < 1.29 is 65.9 Å². The maximum absolute atomic E-state index is 16.1. The lowest BCUT2D eigenvalue weighted by Gasteiger charge is -2.44. The van der Waals surface area contributed by atoms with Gasteiger partial charge in [0.15, 0.2) is 57.1 Å². The van der Waals surface area contributed by atoms with Gasteiger partial charge in [-0.15, -0.1) is 21.9 Å². The first-order valence-corrected chi connectivity index (χ1v) is 14.9. The quantitative estimate of drug-likeness (QED) is 0.0588. The van der Waals surface area contributed by atoms with Crippen molar-refractivity contribution >= 4 is 48.6 Å². The number of rotatable bonds is 5. The second-order valence-electron chi connectivity index (χ2n) is 10.9. The second-order valence-corrected chi connectivity index (χ2v) is 12.8. The van der Waals surface area contributed by atoms with Crippen LogP contribution in [0.25, 0.3) is 10.1 Å². The van der Waals surface area contributed by atoms with Crippen LogP contribution in [0, 0.1) is 87.3 Å². The van der Waals surface area contributed by atoms with Crippen molar-refractivity contribution in [1.29, 1.82) is 0 Å². The average Bonchev–Trinajstić information content (AvgIpc) is 3.85. The summed E-state index contributed by atoms with van der Waals surface area (Å²) in [4.78, 5) is -0.261. The highest BCUT2D eigenvalue weighted by molar-refractivity contribution is 7.38. The van der Waals surface area contributed by atoms with Gasteiger partial charge in [0.1, 0.15) is 52.2 Å². The van der Waals surface area contributed by atoms with Gasteiger partial charge in [-0.25, -0.2) is 65.9 Å². The van der Waals surface area contributed by atoms with Crippen LogP contribution in [0.2, 0.25) is 0 Å². The molecule has 0 aliphatic heterocycles.